The van der Waals surface area contributed by atoms with Crippen molar-refractivity contribution in [2.75, 3.05) is 0 Å². The first-order valence-corrected chi connectivity index (χ1v) is 11.2. The molecule has 0 radical (unpaired) electrons. The highest BCUT2D eigenvalue weighted by atomic mass is 127. The predicted molar refractivity (Wildman–Crippen MR) is 127 cm³/mol. The van der Waals surface area contributed by atoms with Crippen molar-refractivity contribution >= 4 is 39.8 Å². The van der Waals surface area contributed by atoms with Gasteiger partial charge < -0.3 is 14.1 Å². The number of ether oxygens (including phenoxy) is 1. The van der Waals surface area contributed by atoms with E-state index in [2.05, 4.69) is 43.9 Å². The van der Waals surface area contributed by atoms with Crippen LogP contribution in [-0.2, 0) is 11.3 Å². The number of carbonyl (C=O) groups is 1. The summed E-state index contributed by atoms with van der Waals surface area (Å²) in [5, 5.41) is 19.0. The molecular formula is C23H20IN5O3. The van der Waals surface area contributed by atoms with Gasteiger partial charge in [-0.1, -0.05) is 5.16 Å². The van der Waals surface area contributed by atoms with Crippen LogP contribution in [-0.4, -0.2) is 32.3 Å². The second kappa shape index (κ2) is 9.48. The van der Waals surface area contributed by atoms with E-state index in [1.165, 1.54) is 0 Å². The molecule has 2 aromatic heterocycles. The predicted octanol–water partition coefficient (Wildman–Crippen LogP) is 5.00. The van der Waals surface area contributed by atoms with E-state index >= 15 is 0 Å². The number of unbranched alkanes of at least 4 members (excludes halogenated alkanes) is 1. The lowest BCUT2D eigenvalue weighted by atomic mass is 10.1. The zero-order valence-corrected chi connectivity index (χ0v) is 19.7. The van der Waals surface area contributed by atoms with E-state index in [9.17, 15) is 10.1 Å². The molecule has 0 unspecified atom stereocenters. The van der Waals surface area contributed by atoms with Gasteiger partial charge in [0, 0.05) is 33.0 Å². The van der Waals surface area contributed by atoms with Crippen LogP contribution in [0.2, 0.25) is 0 Å². The molecule has 0 spiro atoms. The summed E-state index contributed by atoms with van der Waals surface area (Å²) in [6, 6.07) is 11.4. The Morgan fingerprint density at radius 2 is 2.16 bits per heavy atom. The zero-order valence-electron chi connectivity index (χ0n) is 17.6. The molecule has 8 nitrogen and oxygen atoms in total. The lowest BCUT2D eigenvalue weighted by Crippen LogP contribution is -2.06. The Balaban J connectivity index is 1.64. The normalized spacial score (nSPS) is 11.1. The summed E-state index contributed by atoms with van der Waals surface area (Å²) < 4.78 is 14.0. The number of fused-ring (bicyclic) bond motifs is 1. The number of nitriles is 1. The van der Waals surface area contributed by atoms with Crippen LogP contribution < -0.4 is 4.74 Å². The molecule has 0 fully saturated rings. The van der Waals surface area contributed by atoms with Crippen molar-refractivity contribution in [2.24, 2.45) is 0 Å². The van der Waals surface area contributed by atoms with Gasteiger partial charge in [0.25, 0.3) is 5.89 Å². The summed E-state index contributed by atoms with van der Waals surface area (Å²) in [6.07, 6.45) is 3.95. The molecule has 0 saturated carbocycles. The van der Waals surface area contributed by atoms with Gasteiger partial charge in [0.1, 0.15) is 18.1 Å². The first kappa shape index (κ1) is 22.0. The van der Waals surface area contributed by atoms with Crippen molar-refractivity contribution in [3.8, 4) is 34.7 Å². The number of carbonyl (C=O) groups excluding carboxylic acids is 1. The van der Waals surface area contributed by atoms with Crippen molar-refractivity contribution in [2.45, 2.75) is 39.3 Å². The molecule has 0 aliphatic rings. The van der Waals surface area contributed by atoms with Gasteiger partial charge in [0.05, 0.1) is 23.4 Å². The number of benzene rings is 2. The fourth-order valence-electron chi connectivity index (χ4n) is 3.33. The summed E-state index contributed by atoms with van der Waals surface area (Å²) >= 11 is 2.24. The van der Waals surface area contributed by atoms with Crippen LogP contribution in [0.3, 0.4) is 0 Å². The molecule has 162 valence electrons. The maximum absolute atomic E-state index is 10.6. The van der Waals surface area contributed by atoms with Crippen molar-refractivity contribution in [3.63, 3.8) is 0 Å². The maximum atomic E-state index is 10.6. The number of hydrogen-bond donors (Lipinski definition) is 0. The summed E-state index contributed by atoms with van der Waals surface area (Å²) in [7, 11) is 0. The third kappa shape index (κ3) is 4.50. The van der Waals surface area contributed by atoms with Crippen molar-refractivity contribution in [1.29, 1.82) is 5.26 Å². The molecular weight excluding hydrogens is 521 g/mol. The van der Waals surface area contributed by atoms with E-state index in [1.54, 1.807) is 24.4 Å². The number of rotatable bonds is 8. The van der Waals surface area contributed by atoms with Crippen LogP contribution in [0.25, 0.3) is 33.7 Å². The van der Waals surface area contributed by atoms with Gasteiger partial charge in [-0.2, -0.15) is 15.3 Å². The number of hydrogen-bond acceptors (Lipinski definition) is 7. The van der Waals surface area contributed by atoms with Crippen LogP contribution in [0.5, 0.6) is 5.75 Å². The highest BCUT2D eigenvalue weighted by Crippen LogP contribution is 2.31. The van der Waals surface area contributed by atoms with Gasteiger partial charge in [-0.15, -0.1) is 0 Å². The second-order valence-corrected chi connectivity index (χ2v) is 8.64. The first-order chi connectivity index (χ1) is 15.5. The fraction of sp³-hybridized carbons (Fsp3) is 0.261. The van der Waals surface area contributed by atoms with Crippen molar-refractivity contribution < 1.29 is 14.1 Å². The summed E-state index contributed by atoms with van der Waals surface area (Å²) in [4.78, 5) is 15.1. The molecule has 0 amide bonds. The Morgan fingerprint density at radius 3 is 2.91 bits per heavy atom. The van der Waals surface area contributed by atoms with Gasteiger partial charge in [-0.05, 0) is 73.2 Å². The first-order valence-electron chi connectivity index (χ1n) is 10.1. The van der Waals surface area contributed by atoms with Crippen LogP contribution in [0.4, 0.5) is 0 Å². The minimum absolute atomic E-state index is 0.0330. The smallest absolute Gasteiger partial charge is 0.258 e. The van der Waals surface area contributed by atoms with Crippen LogP contribution in [0.1, 0.15) is 32.3 Å². The Labute approximate surface area is 198 Å². The topological polar surface area (TPSA) is 107 Å². The molecule has 2 aromatic carbocycles. The van der Waals surface area contributed by atoms with E-state index in [0.29, 0.717) is 41.6 Å². The fourth-order valence-corrected chi connectivity index (χ4v) is 4.02. The van der Waals surface area contributed by atoms with Gasteiger partial charge in [0.2, 0.25) is 5.82 Å². The van der Waals surface area contributed by atoms with E-state index in [0.717, 1.165) is 32.7 Å². The molecule has 0 N–H and O–H groups in total. The van der Waals surface area contributed by atoms with Gasteiger partial charge in [-0.25, -0.2) is 0 Å². The number of nitrogens with zero attached hydrogens (tertiary/aromatic N) is 5. The SMILES string of the molecule is CC(C)Oc1ccc(-c2nc(-c3cc4cnn(CCCC=O)c4cc3I)no2)cc1C#N. The minimum atomic E-state index is -0.0330. The Bertz CT molecular complexity index is 1320. The Kier molecular flexibility index (Phi) is 6.50. The Morgan fingerprint density at radius 1 is 1.31 bits per heavy atom. The average Bonchev–Trinajstić information content (AvgIpc) is 3.41. The summed E-state index contributed by atoms with van der Waals surface area (Å²) in [5.74, 6) is 1.31. The van der Waals surface area contributed by atoms with Gasteiger partial charge >= 0.3 is 0 Å². The third-order valence-electron chi connectivity index (χ3n) is 4.80. The number of aldehydes is 1. The molecule has 32 heavy (non-hydrogen) atoms. The largest absolute Gasteiger partial charge is 0.490 e. The molecule has 2 heterocycles. The van der Waals surface area contributed by atoms with Crippen LogP contribution in [0.15, 0.2) is 41.1 Å². The molecule has 0 saturated heterocycles. The average molecular weight is 541 g/mol. The Hall–Kier alpha value is -3.26. The summed E-state index contributed by atoms with van der Waals surface area (Å²) in [6.45, 7) is 4.50. The lowest BCUT2D eigenvalue weighted by Gasteiger charge is -2.11. The minimum Gasteiger partial charge on any atom is -0.490 e. The summed E-state index contributed by atoms with van der Waals surface area (Å²) in [5.41, 5.74) is 2.89. The van der Waals surface area contributed by atoms with E-state index in [-0.39, 0.29) is 6.10 Å². The van der Waals surface area contributed by atoms with E-state index < -0.39 is 0 Å². The highest BCUT2D eigenvalue weighted by Gasteiger charge is 2.17. The van der Waals surface area contributed by atoms with Gasteiger partial charge in [-0.3, -0.25) is 4.68 Å². The van der Waals surface area contributed by atoms with Crippen molar-refractivity contribution in [3.05, 3.63) is 45.7 Å². The monoisotopic (exact) mass is 541 g/mol. The molecule has 0 aliphatic carbocycles. The highest BCUT2D eigenvalue weighted by molar-refractivity contribution is 14.1. The molecule has 4 rings (SSSR count). The van der Waals surface area contributed by atoms with Crippen molar-refractivity contribution in [1.82, 2.24) is 19.9 Å². The van der Waals surface area contributed by atoms with Gasteiger partial charge in [0.15, 0.2) is 0 Å². The maximum Gasteiger partial charge on any atom is 0.258 e. The zero-order chi connectivity index (χ0) is 22.7. The quantitative estimate of drug-likeness (QED) is 0.176. The molecule has 0 bridgehead atoms. The van der Waals surface area contributed by atoms with Crippen LogP contribution >= 0.6 is 22.6 Å². The molecule has 0 aliphatic heterocycles. The van der Waals surface area contributed by atoms with E-state index in [1.807, 2.05) is 30.7 Å². The number of aryl methyl sites for hydroxylation is 1. The molecule has 4 aromatic rings. The lowest BCUT2D eigenvalue weighted by molar-refractivity contribution is -0.107. The molecule has 0 atom stereocenters. The van der Waals surface area contributed by atoms with E-state index in [4.69, 9.17) is 9.26 Å². The molecule has 9 heteroatoms. The van der Waals surface area contributed by atoms with Crippen LogP contribution in [0, 0.1) is 14.9 Å². The standard InChI is InChI=1S/C23H20IN5O3/c1-14(2)31-21-6-5-15(9-16(21)12-25)23-27-22(28-32-23)18-10-17-13-26-29(7-3-4-8-30)20(17)11-19(18)24/h5-6,8-11,13-14H,3-4,7H2,1-2H3. The third-order valence-corrected chi connectivity index (χ3v) is 5.69. The number of halogens is 1. The second-order valence-electron chi connectivity index (χ2n) is 7.48. The number of aromatic nitrogens is 4.